The van der Waals surface area contributed by atoms with Gasteiger partial charge < -0.3 is 16.0 Å². The molecule has 4 nitrogen and oxygen atoms in total. The fraction of sp³-hybridized carbons (Fsp3) is 0.900. The van der Waals surface area contributed by atoms with Crippen LogP contribution in [0.1, 0.15) is 20.3 Å². The molecule has 1 aliphatic rings. The summed E-state index contributed by atoms with van der Waals surface area (Å²) in [5.41, 5.74) is 5.89. The molecule has 1 heterocycles. The molecule has 2 atom stereocenters. The molecule has 1 amide bonds. The number of piperazine rings is 1. The summed E-state index contributed by atoms with van der Waals surface area (Å²) in [5, 5.41) is 3.22. The number of nitrogens with zero attached hydrogens (tertiary/aromatic N) is 1. The van der Waals surface area contributed by atoms with E-state index in [0.29, 0.717) is 0 Å². The Bertz CT molecular complexity index is 186. The summed E-state index contributed by atoms with van der Waals surface area (Å²) in [6.07, 6.45) is 0.957. The van der Waals surface area contributed by atoms with Gasteiger partial charge in [-0.05, 0) is 5.92 Å². The molecular formula is C10H21N3O. The van der Waals surface area contributed by atoms with E-state index in [-0.39, 0.29) is 17.9 Å². The van der Waals surface area contributed by atoms with Gasteiger partial charge in [0.2, 0.25) is 5.91 Å². The maximum atomic E-state index is 11.9. The van der Waals surface area contributed by atoms with Crippen LogP contribution in [0.15, 0.2) is 0 Å². The lowest BCUT2D eigenvalue weighted by Crippen LogP contribution is -2.53. The first-order valence-electron chi connectivity index (χ1n) is 5.42. The average molecular weight is 199 g/mol. The standard InChI is InChI=1S/C10H21N3O/c1-3-8(2)9(11)10(14)13-6-4-12-5-7-13/h8-9,12H,3-7,11H2,1-2H3/t8?,9-/m0/s1. The van der Waals surface area contributed by atoms with Crippen LogP contribution in [0, 0.1) is 5.92 Å². The smallest absolute Gasteiger partial charge is 0.239 e. The van der Waals surface area contributed by atoms with E-state index in [4.69, 9.17) is 5.73 Å². The van der Waals surface area contributed by atoms with E-state index in [0.717, 1.165) is 32.6 Å². The normalized spacial score (nSPS) is 21.8. The van der Waals surface area contributed by atoms with Crippen LogP contribution >= 0.6 is 0 Å². The lowest BCUT2D eigenvalue weighted by molar-refractivity contribution is -0.134. The molecule has 4 heteroatoms. The van der Waals surface area contributed by atoms with E-state index in [2.05, 4.69) is 12.2 Å². The first kappa shape index (κ1) is 11.5. The number of rotatable bonds is 3. The zero-order valence-electron chi connectivity index (χ0n) is 9.12. The Hall–Kier alpha value is -0.610. The van der Waals surface area contributed by atoms with Crippen LogP contribution in [0.4, 0.5) is 0 Å². The third kappa shape index (κ3) is 2.69. The van der Waals surface area contributed by atoms with Gasteiger partial charge in [-0.1, -0.05) is 20.3 Å². The maximum Gasteiger partial charge on any atom is 0.239 e. The van der Waals surface area contributed by atoms with Crippen LogP contribution in [0.25, 0.3) is 0 Å². The van der Waals surface area contributed by atoms with Gasteiger partial charge in [-0.25, -0.2) is 0 Å². The van der Waals surface area contributed by atoms with Gasteiger partial charge in [0, 0.05) is 26.2 Å². The van der Waals surface area contributed by atoms with Crippen molar-refractivity contribution in [3.63, 3.8) is 0 Å². The fourth-order valence-electron chi connectivity index (χ4n) is 1.59. The molecule has 1 saturated heterocycles. The second-order valence-electron chi connectivity index (χ2n) is 3.99. The van der Waals surface area contributed by atoms with Crippen molar-refractivity contribution in [1.29, 1.82) is 0 Å². The van der Waals surface area contributed by atoms with Crippen LogP contribution in [-0.4, -0.2) is 43.0 Å². The van der Waals surface area contributed by atoms with Crippen molar-refractivity contribution in [3.05, 3.63) is 0 Å². The van der Waals surface area contributed by atoms with Crippen molar-refractivity contribution in [2.45, 2.75) is 26.3 Å². The Labute approximate surface area is 85.8 Å². The molecule has 0 saturated carbocycles. The van der Waals surface area contributed by atoms with Crippen LogP contribution < -0.4 is 11.1 Å². The first-order valence-corrected chi connectivity index (χ1v) is 5.42. The third-order valence-corrected chi connectivity index (χ3v) is 2.97. The average Bonchev–Trinajstić information content (AvgIpc) is 2.27. The molecule has 0 aliphatic carbocycles. The summed E-state index contributed by atoms with van der Waals surface area (Å²) in [5.74, 6) is 0.387. The van der Waals surface area contributed by atoms with Crippen molar-refractivity contribution in [2.75, 3.05) is 26.2 Å². The van der Waals surface area contributed by atoms with E-state index in [1.54, 1.807) is 0 Å². The highest BCUT2D eigenvalue weighted by Gasteiger charge is 2.25. The van der Waals surface area contributed by atoms with E-state index in [1.165, 1.54) is 0 Å². The summed E-state index contributed by atoms with van der Waals surface area (Å²) in [4.78, 5) is 13.7. The highest BCUT2D eigenvalue weighted by atomic mass is 16.2. The van der Waals surface area contributed by atoms with Crippen LogP contribution in [0.5, 0.6) is 0 Å². The number of amides is 1. The van der Waals surface area contributed by atoms with Crippen LogP contribution in [-0.2, 0) is 4.79 Å². The molecule has 3 N–H and O–H groups in total. The molecule has 1 aliphatic heterocycles. The van der Waals surface area contributed by atoms with Gasteiger partial charge in [0.25, 0.3) is 0 Å². The van der Waals surface area contributed by atoms with Crippen molar-refractivity contribution < 1.29 is 4.79 Å². The number of carbonyl (C=O) groups excluding carboxylic acids is 1. The molecule has 0 bridgehead atoms. The Balaban J connectivity index is 2.46. The summed E-state index contributed by atoms with van der Waals surface area (Å²) in [6.45, 7) is 7.46. The molecule has 0 spiro atoms. The van der Waals surface area contributed by atoms with Gasteiger partial charge in [0.05, 0.1) is 6.04 Å². The fourth-order valence-corrected chi connectivity index (χ4v) is 1.59. The Morgan fingerprint density at radius 1 is 1.50 bits per heavy atom. The lowest BCUT2D eigenvalue weighted by atomic mass is 9.99. The van der Waals surface area contributed by atoms with Gasteiger partial charge in [-0.2, -0.15) is 0 Å². The minimum atomic E-state index is -0.321. The predicted molar refractivity (Wildman–Crippen MR) is 56.9 cm³/mol. The second-order valence-corrected chi connectivity index (χ2v) is 3.99. The van der Waals surface area contributed by atoms with Gasteiger partial charge >= 0.3 is 0 Å². The number of hydrogen-bond acceptors (Lipinski definition) is 3. The topological polar surface area (TPSA) is 58.4 Å². The SMILES string of the molecule is CCC(C)[C@H](N)C(=O)N1CCNCC1. The Morgan fingerprint density at radius 2 is 2.07 bits per heavy atom. The second kappa shape index (κ2) is 5.32. The highest BCUT2D eigenvalue weighted by molar-refractivity contribution is 5.82. The minimum Gasteiger partial charge on any atom is -0.339 e. The molecule has 0 radical (unpaired) electrons. The number of carbonyl (C=O) groups is 1. The predicted octanol–water partition coefficient (Wildman–Crippen LogP) is -0.208. The summed E-state index contributed by atoms with van der Waals surface area (Å²) >= 11 is 0. The van der Waals surface area contributed by atoms with Gasteiger partial charge in [0.1, 0.15) is 0 Å². The van der Waals surface area contributed by atoms with Crippen molar-refractivity contribution in [3.8, 4) is 0 Å². The molecule has 0 aromatic heterocycles. The third-order valence-electron chi connectivity index (χ3n) is 2.97. The molecule has 0 aromatic carbocycles. The summed E-state index contributed by atoms with van der Waals surface area (Å²) < 4.78 is 0. The maximum absolute atomic E-state index is 11.9. The minimum absolute atomic E-state index is 0.112. The molecule has 14 heavy (non-hydrogen) atoms. The molecule has 0 aromatic rings. The van der Waals surface area contributed by atoms with E-state index in [1.807, 2.05) is 11.8 Å². The quantitative estimate of drug-likeness (QED) is 0.661. The Morgan fingerprint density at radius 3 is 2.57 bits per heavy atom. The Kier molecular flexibility index (Phi) is 4.35. The molecule has 1 fully saturated rings. The number of nitrogens with two attached hydrogens (primary N) is 1. The number of hydrogen-bond donors (Lipinski definition) is 2. The highest BCUT2D eigenvalue weighted by Crippen LogP contribution is 2.08. The zero-order valence-corrected chi connectivity index (χ0v) is 9.12. The van der Waals surface area contributed by atoms with E-state index < -0.39 is 0 Å². The summed E-state index contributed by atoms with van der Waals surface area (Å²) in [6, 6.07) is -0.321. The van der Waals surface area contributed by atoms with Crippen molar-refractivity contribution in [2.24, 2.45) is 11.7 Å². The van der Waals surface area contributed by atoms with Crippen LogP contribution in [0.2, 0.25) is 0 Å². The van der Waals surface area contributed by atoms with E-state index in [9.17, 15) is 4.79 Å². The number of nitrogens with one attached hydrogen (secondary N) is 1. The first-order chi connectivity index (χ1) is 6.66. The van der Waals surface area contributed by atoms with E-state index >= 15 is 0 Å². The van der Waals surface area contributed by atoms with Gasteiger partial charge in [-0.3, -0.25) is 4.79 Å². The van der Waals surface area contributed by atoms with Gasteiger partial charge in [0.15, 0.2) is 0 Å². The summed E-state index contributed by atoms with van der Waals surface area (Å²) in [7, 11) is 0. The van der Waals surface area contributed by atoms with Crippen molar-refractivity contribution >= 4 is 5.91 Å². The molecule has 1 unspecified atom stereocenters. The van der Waals surface area contributed by atoms with Crippen molar-refractivity contribution in [1.82, 2.24) is 10.2 Å². The van der Waals surface area contributed by atoms with Crippen LogP contribution in [0.3, 0.4) is 0 Å². The lowest BCUT2D eigenvalue weighted by Gasteiger charge is -2.31. The molecule has 82 valence electrons. The molecular weight excluding hydrogens is 178 g/mol. The van der Waals surface area contributed by atoms with Gasteiger partial charge in [-0.15, -0.1) is 0 Å². The zero-order chi connectivity index (χ0) is 10.6. The largest absolute Gasteiger partial charge is 0.339 e. The molecule has 1 rings (SSSR count). The monoisotopic (exact) mass is 199 g/mol.